The van der Waals surface area contributed by atoms with Gasteiger partial charge in [0.15, 0.2) is 35.1 Å². The number of aliphatic hydroxyl groups is 2. The summed E-state index contributed by atoms with van der Waals surface area (Å²) >= 11 is 0. The number of rotatable bonds is 2. The maximum atomic E-state index is 13.2. The van der Waals surface area contributed by atoms with Crippen molar-refractivity contribution in [3.8, 4) is 0 Å². The second-order valence-electron chi connectivity index (χ2n) is 10.3. The smallest absolute Gasteiger partial charge is 0.387 e. The first-order chi connectivity index (χ1) is 21.7. The van der Waals surface area contributed by atoms with Crippen molar-refractivity contribution in [3.05, 3.63) is 23.0 Å². The predicted molar refractivity (Wildman–Crippen MR) is 148 cm³/mol. The Labute approximate surface area is 254 Å². The number of hydrogen-bond donors (Lipinski definition) is 8. The second kappa shape index (κ2) is 11.0. The van der Waals surface area contributed by atoms with Gasteiger partial charge in [-0.3, -0.25) is 37.0 Å². The van der Waals surface area contributed by atoms with Gasteiger partial charge >= 0.3 is 15.6 Å². The van der Waals surface area contributed by atoms with E-state index in [4.69, 9.17) is 44.8 Å². The van der Waals surface area contributed by atoms with E-state index in [0.29, 0.717) is 0 Å². The number of nitrogens with one attached hydrogen (secondary N) is 1. The van der Waals surface area contributed by atoms with E-state index in [1.807, 2.05) is 0 Å². The van der Waals surface area contributed by atoms with Crippen molar-refractivity contribution in [2.24, 2.45) is 0 Å². The Morgan fingerprint density at radius 3 is 2.11 bits per heavy atom. The molecule has 0 radical (unpaired) electrons. The van der Waals surface area contributed by atoms with Gasteiger partial charge in [0.2, 0.25) is 11.9 Å². The summed E-state index contributed by atoms with van der Waals surface area (Å²) in [6, 6.07) is 0. The Morgan fingerprint density at radius 2 is 1.39 bits per heavy atom. The molecule has 0 saturated carbocycles. The Balaban J connectivity index is 1.21. The molecule has 0 aromatic carbocycles. The number of nitrogens with two attached hydrogens (primary N) is 3. The summed E-state index contributed by atoms with van der Waals surface area (Å²) in [5, 5.41) is 22.2. The van der Waals surface area contributed by atoms with E-state index < -0.39 is 83.5 Å². The minimum atomic E-state index is -5.14. The summed E-state index contributed by atoms with van der Waals surface area (Å²) in [5.41, 5.74) is 16.3. The summed E-state index contributed by atoms with van der Waals surface area (Å²) in [4.78, 5) is 55.7. The largest absolute Gasteiger partial charge is 0.472 e. The van der Waals surface area contributed by atoms with Gasteiger partial charge in [-0.05, 0) is 0 Å². The van der Waals surface area contributed by atoms with Crippen molar-refractivity contribution in [1.29, 1.82) is 0 Å². The number of nitrogens with zero attached hydrogens (tertiary/aromatic N) is 7. The summed E-state index contributed by atoms with van der Waals surface area (Å²) in [6.45, 7) is -1.69. The van der Waals surface area contributed by atoms with Gasteiger partial charge in [-0.1, -0.05) is 0 Å². The van der Waals surface area contributed by atoms with Crippen LogP contribution in [0.2, 0.25) is 0 Å². The van der Waals surface area contributed by atoms with Crippen molar-refractivity contribution >= 4 is 55.7 Å². The number of phosphoric acid groups is 2. The van der Waals surface area contributed by atoms with Crippen molar-refractivity contribution in [2.45, 2.75) is 49.1 Å². The maximum Gasteiger partial charge on any atom is 0.472 e. The number of aromatic nitrogens is 8. The first kappa shape index (κ1) is 31.0. The molecule has 3 unspecified atom stereocenters. The Hall–Kier alpha value is -3.64. The zero-order valence-electron chi connectivity index (χ0n) is 22.9. The summed E-state index contributed by atoms with van der Waals surface area (Å²) in [5.74, 6) is -0.587. The SMILES string of the molecule is Nc1nc(N)c2ncn([C@@H]3OC4COP(=O)(O)O[C@@H]5[C@H](O)[C@@H](COP(=O)(O)O[C@H]4[C@H]3O)O[C@H]5n3cnc4c(=O)[nH]c(N)nc43)c2n1. The quantitative estimate of drug-likeness (QED) is 0.0988. The highest BCUT2D eigenvalue weighted by atomic mass is 31.2. The standard InChI is InChI=1S/C20H25N11O13P2/c21-13-7-14(27-19(22)26-13)30(3-24-7)17-10(33)11-6(42-17)2-40-46(37,38)44-12-9(32)5(1-39-45(35,36)43-11)41-18(12)31-4-25-8-15(31)28-20(23)29-16(8)34/h3-6,9-12,17-18,32-33H,1-2H2,(H,35,36)(H,37,38)(H4,21,22,26,27)(H3,23,28,29,34)/t5-,6?,9-,10-,11-,12-,17-,18-/m1/s1. The zero-order chi connectivity index (χ0) is 32.7. The minimum absolute atomic E-state index is 0.0300. The molecule has 0 aliphatic carbocycles. The topological polar surface area (TPSA) is 356 Å². The van der Waals surface area contributed by atoms with Crippen molar-refractivity contribution in [3.63, 3.8) is 0 Å². The molecule has 3 aliphatic heterocycles. The number of phosphoric ester groups is 2. The number of ether oxygens (including phenoxy) is 2. The molecule has 4 aromatic heterocycles. The maximum absolute atomic E-state index is 13.2. The van der Waals surface area contributed by atoms with Crippen LogP contribution >= 0.6 is 15.6 Å². The average Bonchev–Trinajstić information content (AvgIpc) is 3.72. The van der Waals surface area contributed by atoms with Crippen LogP contribution < -0.4 is 22.8 Å². The van der Waals surface area contributed by atoms with Crippen LogP contribution in [-0.2, 0) is 36.7 Å². The fraction of sp³-hybridized carbons (Fsp3) is 0.500. The van der Waals surface area contributed by atoms with Gasteiger partial charge in [0, 0.05) is 0 Å². The summed E-state index contributed by atoms with van der Waals surface area (Å²) in [7, 11) is -10.2. The van der Waals surface area contributed by atoms with Crippen LogP contribution in [-0.4, -0.2) is 109 Å². The van der Waals surface area contributed by atoms with Gasteiger partial charge < -0.3 is 46.7 Å². The Bertz CT molecular complexity index is 1990. The Morgan fingerprint density at radius 1 is 0.804 bits per heavy atom. The molecule has 0 spiro atoms. The van der Waals surface area contributed by atoms with Crippen LogP contribution in [0.4, 0.5) is 17.7 Å². The molecule has 26 heteroatoms. The summed E-state index contributed by atoms with van der Waals surface area (Å²) in [6.07, 6.45) is -10.6. The molecule has 7 heterocycles. The van der Waals surface area contributed by atoms with E-state index in [9.17, 15) is 33.9 Å². The normalized spacial score (nSPS) is 37.1. The van der Waals surface area contributed by atoms with Gasteiger partial charge in [0.25, 0.3) is 5.56 Å². The van der Waals surface area contributed by atoms with Crippen LogP contribution in [0.15, 0.2) is 17.4 Å². The highest BCUT2D eigenvalue weighted by Gasteiger charge is 2.54. The van der Waals surface area contributed by atoms with E-state index in [1.165, 1.54) is 10.9 Å². The lowest BCUT2D eigenvalue weighted by Crippen LogP contribution is -2.36. The molecule has 10 atom stereocenters. The molecule has 11 N–H and O–H groups in total. The third-order valence-electron chi connectivity index (χ3n) is 7.40. The number of hydrogen-bond acceptors (Lipinski definition) is 19. The molecule has 3 aliphatic rings. The summed E-state index contributed by atoms with van der Waals surface area (Å²) < 4.78 is 61.0. The molecule has 0 amide bonds. The fourth-order valence-corrected chi connectivity index (χ4v) is 7.28. The van der Waals surface area contributed by atoms with Gasteiger partial charge in [-0.25, -0.2) is 19.1 Å². The van der Waals surface area contributed by atoms with Crippen molar-refractivity contribution in [2.75, 3.05) is 30.4 Å². The van der Waals surface area contributed by atoms with Gasteiger partial charge in [0.1, 0.15) is 42.1 Å². The third kappa shape index (κ3) is 5.33. The number of aliphatic hydroxyl groups excluding tert-OH is 2. The van der Waals surface area contributed by atoms with Gasteiger partial charge in [0.05, 0.1) is 25.9 Å². The van der Waals surface area contributed by atoms with E-state index in [-0.39, 0.29) is 40.0 Å². The molecule has 7 rings (SSSR count). The lowest BCUT2D eigenvalue weighted by atomic mass is 10.1. The zero-order valence-corrected chi connectivity index (χ0v) is 24.7. The van der Waals surface area contributed by atoms with E-state index >= 15 is 0 Å². The first-order valence-corrected chi connectivity index (χ1v) is 16.2. The van der Waals surface area contributed by atoms with Crippen LogP contribution in [0.1, 0.15) is 12.5 Å². The monoisotopic (exact) mass is 689 g/mol. The van der Waals surface area contributed by atoms with E-state index in [2.05, 4.69) is 29.9 Å². The molecule has 2 bridgehead atoms. The van der Waals surface area contributed by atoms with E-state index in [0.717, 1.165) is 10.9 Å². The molecule has 248 valence electrons. The number of H-pyrrole nitrogens is 1. The highest BCUT2D eigenvalue weighted by molar-refractivity contribution is 7.47. The fourth-order valence-electron chi connectivity index (χ4n) is 5.38. The Kier molecular flexibility index (Phi) is 7.39. The lowest BCUT2D eigenvalue weighted by molar-refractivity contribution is -0.0672. The molecular weight excluding hydrogens is 664 g/mol. The average molecular weight is 689 g/mol. The molecule has 3 saturated heterocycles. The van der Waals surface area contributed by atoms with Crippen molar-refractivity contribution < 1.29 is 56.7 Å². The number of imidazole rings is 2. The van der Waals surface area contributed by atoms with Gasteiger partial charge in [-0.2, -0.15) is 15.0 Å². The predicted octanol–water partition coefficient (Wildman–Crippen LogP) is -2.76. The van der Waals surface area contributed by atoms with Crippen LogP contribution in [0.25, 0.3) is 22.3 Å². The minimum Gasteiger partial charge on any atom is -0.387 e. The van der Waals surface area contributed by atoms with Crippen molar-refractivity contribution in [1.82, 2.24) is 39.0 Å². The molecule has 4 aromatic rings. The van der Waals surface area contributed by atoms with E-state index in [1.54, 1.807) is 0 Å². The molecule has 24 nitrogen and oxygen atoms in total. The van der Waals surface area contributed by atoms with Crippen LogP contribution in [0.3, 0.4) is 0 Å². The molecule has 3 fully saturated rings. The third-order valence-corrected chi connectivity index (χ3v) is 9.37. The lowest BCUT2D eigenvalue weighted by Gasteiger charge is -2.25. The molecular formula is C20H25N11O13P2. The number of nitrogen functional groups attached to an aromatic ring is 3. The first-order valence-electron chi connectivity index (χ1n) is 13.2. The number of aromatic amines is 1. The molecule has 46 heavy (non-hydrogen) atoms. The van der Waals surface area contributed by atoms with Crippen LogP contribution in [0, 0.1) is 0 Å². The van der Waals surface area contributed by atoms with Crippen LogP contribution in [0.5, 0.6) is 0 Å². The highest BCUT2D eigenvalue weighted by Crippen LogP contribution is 2.53. The number of anilines is 3. The second-order valence-corrected chi connectivity index (χ2v) is 13.2. The number of fused-ring (bicyclic) bond motifs is 5. The van der Waals surface area contributed by atoms with Gasteiger partial charge in [-0.15, -0.1) is 0 Å².